The Bertz CT molecular complexity index is 797. The molecule has 1 aromatic carbocycles. The van der Waals surface area contributed by atoms with Crippen LogP contribution in [0.5, 0.6) is 11.6 Å². The molecule has 3 aromatic rings. The molecule has 0 saturated carbocycles. The summed E-state index contributed by atoms with van der Waals surface area (Å²) in [6.45, 7) is 0. The van der Waals surface area contributed by atoms with Crippen molar-refractivity contribution in [2.24, 2.45) is 0 Å². The molecule has 0 amide bonds. The van der Waals surface area contributed by atoms with E-state index in [-0.39, 0.29) is 0 Å². The fourth-order valence-electron chi connectivity index (χ4n) is 1.78. The standard InChI is InChI=1S/C16H10N4O/c17-11-12-5-1-2-7-14(12)21-15-8-10-19-16(20-15)13-6-3-4-9-18-13/h1-10H. The molecule has 0 bridgehead atoms. The average molecular weight is 274 g/mol. The van der Waals surface area contributed by atoms with E-state index in [9.17, 15) is 0 Å². The molecule has 0 saturated heterocycles. The molecule has 5 heteroatoms. The molecule has 3 rings (SSSR count). The highest BCUT2D eigenvalue weighted by atomic mass is 16.5. The van der Waals surface area contributed by atoms with Gasteiger partial charge in [-0.2, -0.15) is 10.2 Å². The van der Waals surface area contributed by atoms with Crippen LogP contribution >= 0.6 is 0 Å². The Hall–Kier alpha value is -3.26. The Balaban J connectivity index is 1.93. The van der Waals surface area contributed by atoms with Crippen molar-refractivity contribution in [2.75, 3.05) is 0 Å². The molecule has 0 fully saturated rings. The van der Waals surface area contributed by atoms with Crippen LogP contribution in [-0.2, 0) is 0 Å². The molecular weight excluding hydrogens is 264 g/mol. The lowest BCUT2D eigenvalue weighted by molar-refractivity contribution is 0.461. The van der Waals surface area contributed by atoms with Gasteiger partial charge in [-0.3, -0.25) is 4.98 Å². The number of hydrogen-bond donors (Lipinski definition) is 0. The van der Waals surface area contributed by atoms with Gasteiger partial charge in [0.2, 0.25) is 5.88 Å². The van der Waals surface area contributed by atoms with Crippen LogP contribution in [-0.4, -0.2) is 15.0 Å². The molecule has 0 atom stereocenters. The van der Waals surface area contributed by atoms with E-state index in [2.05, 4.69) is 21.0 Å². The summed E-state index contributed by atoms with van der Waals surface area (Å²) in [5.74, 6) is 1.31. The Morgan fingerprint density at radius 1 is 0.905 bits per heavy atom. The monoisotopic (exact) mass is 274 g/mol. The smallest absolute Gasteiger partial charge is 0.222 e. The first-order valence-corrected chi connectivity index (χ1v) is 6.28. The van der Waals surface area contributed by atoms with Gasteiger partial charge in [-0.05, 0) is 24.3 Å². The van der Waals surface area contributed by atoms with E-state index in [1.807, 2.05) is 18.2 Å². The van der Waals surface area contributed by atoms with Gasteiger partial charge in [0, 0.05) is 18.5 Å². The van der Waals surface area contributed by atoms with Crippen LogP contribution in [0.25, 0.3) is 11.5 Å². The van der Waals surface area contributed by atoms with Crippen molar-refractivity contribution in [1.29, 1.82) is 5.26 Å². The summed E-state index contributed by atoms with van der Waals surface area (Å²) in [6, 6.07) is 16.2. The number of nitrogens with zero attached hydrogens (tertiary/aromatic N) is 4. The molecule has 0 aliphatic rings. The molecule has 0 spiro atoms. The van der Waals surface area contributed by atoms with Crippen LogP contribution in [0, 0.1) is 11.3 Å². The molecule has 2 heterocycles. The fourth-order valence-corrected chi connectivity index (χ4v) is 1.78. The molecule has 0 aliphatic carbocycles. The van der Waals surface area contributed by atoms with Crippen LogP contribution in [0.4, 0.5) is 0 Å². The molecule has 0 unspecified atom stereocenters. The number of ether oxygens (including phenoxy) is 1. The third kappa shape index (κ3) is 2.85. The first-order valence-electron chi connectivity index (χ1n) is 6.28. The van der Waals surface area contributed by atoms with E-state index in [0.29, 0.717) is 28.7 Å². The lowest BCUT2D eigenvalue weighted by Gasteiger charge is -2.07. The van der Waals surface area contributed by atoms with Crippen molar-refractivity contribution >= 4 is 0 Å². The summed E-state index contributed by atoms with van der Waals surface area (Å²) in [5, 5.41) is 9.06. The summed E-state index contributed by atoms with van der Waals surface area (Å²) >= 11 is 0. The van der Waals surface area contributed by atoms with Gasteiger partial charge in [0.15, 0.2) is 5.82 Å². The van der Waals surface area contributed by atoms with Crippen molar-refractivity contribution in [3.05, 3.63) is 66.5 Å². The highest BCUT2D eigenvalue weighted by molar-refractivity contribution is 5.49. The number of pyridine rings is 1. The summed E-state index contributed by atoms with van der Waals surface area (Å²) in [6.07, 6.45) is 3.28. The van der Waals surface area contributed by atoms with Crippen molar-refractivity contribution in [2.45, 2.75) is 0 Å². The Labute approximate surface area is 121 Å². The van der Waals surface area contributed by atoms with Crippen LogP contribution in [0.15, 0.2) is 60.9 Å². The second-order valence-electron chi connectivity index (χ2n) is 4.14. The highest BCUT2D eigenvalue weighted by Gasteiger charge is 2.07. The van der Waals surface area contributed by atoms with E-state index < -0.39 is 0 Å². The Morgan fingerprint density at radius 3 is 2.57 bits per heavy atom. The minimum atomic E-state index is 0.369. The minimum Gasteiger partial charge on any atom is -0.438 e. The molecule has 0 aliphatic heterocycles. The first kappa shape index (κ1) is 12.8. The minimum absolute atomic E-state index is 0.369. The van der Waals surface area contributed by atoms with Gasteiger partial charge in [-0.15, -0.1) is 0 Å². The van der Waals surface area contributed by atoms with Gasteiger partial charge >= 0.3 is 0 Å². The van der Waals surface area contributed by atoms with Gasteiger partial charge < -0.3 is 4.74 Å². The van der Waals surface area contributed by atoms with E-state index in [0.717, 1.165) is 0 Å². The quantitative estimate of drug-likeness (QED) is 0.733. The summed E-state index contributed by atoms with van der Waals surface area (Å²) in [7, 11) is 0. The molecule has 0 radical (unpaired) electrons. The van der Waals surface area contributed by atoms with Crippen LogP contribution < -0.4 is 4.74 Å². The maximum absolute atomic E-state index is 9.06. The zero-order valence-corrected chi connectivity index (χ0v) is 11.0. The van der Waals surface area contributed by atoms with Crippen LogP contribution in [0.1, 0.15) is 5.56 Å². The number of aromatic nitrogens is 3. The van der Waals surface area contributed by atoms with Crippen LogP contribution in [0.2, 0.25) is 0 Å². The van der Waals surface area contributed by atoms with Gasteiger partial charge in [-0.25, -0.2) is 4.98 Å². The van der Waals surface area contributed by atoms with Crippen molar-refractivity contribution < 1.29 is 4.74 Å². The second kappa shape index (κ2) is 5.80. The molecule has 100 valence electrons. The lowest BCUT2D eigenvalue weighted by atomic mass is 10.2. The maximum Gasteiger partial charge on any atom is 0.222 e. The third-order valence-electron chi connectivity index (χ3n) is 2.75. The zero-order chi connectivity index (χ0) is 14.5. The van der Waals surface area contributed by atoms with E-state index in [1.54, 1.807) is 42.7 Å². The van der Waals surface area contributed by atoms with Gasteiger partial charge in [0.1, 0.15) is 17.5 Å². The van der Waals surface area contributed by atoms with E-state index in [1.165, 1.54) is 0 Å². The first-order chi connectivity index (χ1) is 10.4. The van der Waals surface area contributed by atoms with Crippen molar-refractivity contribution in [3.63, 3.8) is 0 Å². The molecule has 5 nitrogen and oxygen atoms in total. The summed E-state index contributed by atoms with van der Waals surface area (Å²) < 4.78 is 5.66. The molecular formula is C16H10N4O. The molecule has 0 N–H and O–H groups in total. The second-order valence-corrected chi connectivity index (χ2v) is 4.14. The average Bonchev–Trinajstić information content (AvgIpc) is 2.56. The van der Waals surface area contributed by atoms with E-state index in [4.69, 9.17) is 10.00 Å². The largest absolute Gasteiger partial charge is 0.438 e. The van der Waals surface area contributed by atoms with Crippen LogP contribution in [0.3, 0.4) is 0 Å². The van der Waals surface area contributed by atoms with Crippen molar-refractivity contribution in [1.82, 2.24) is 15.0 Å². The topological polar surface area (TPSA) is 71.7 Å². The number of rotatable bonds is 3. The molecule has 21 heavy (non-hydrogen) atoms. The summed E-state index contributed by atoms with van der Waals surface area (Å²) in [5.41, 5.74) is 1.12. The van der Waals surface area contributed by atoms with Gasteiger partial charge in [0.05, 0.1) is 5.56 Å². The highest BCUT2D eigenvalue weighted by Crippen LogP contribution is 2.24. The number of para-hydroxylation sites is 1. The lowest BCUT2D eigenvalue weighted by Crippen LogP contribution is -1.95. The SMILES string of the molecule is N#Cc1ccccc1Oc1ccnc(-c2ccccn2)n1. The Morgan fingerprint density at radius 2 is 1.76 bits per heavy atom. The maximum atomic E-state index is 9.06. The van der Waals surface area contributed by atoms with Gasteiger partial charge in [0.25, 0.3) is 0 Å². The fraction of sp³-hybridized carbons (Fsp3) is 0. The predicted molar refractivity (Wildman–Crippen MR) is 76.5 cm³/mol. The normalized spacial score (nSPS) is 9.86. The number of hydrogen-bond acceptors (Lipinski definition) is 5. The number of benzene rings is 1. The Kier molecular flexibility index (Phi) is 3.52. The summed E-state index contributed by atoms with van der Waals surface area (Å²) in [4.78, 5) is 12.7. The van der Waals surface area contributed by atoms with E-state index >= 15 is 0 Å². The predicted octanol–water partition coefficient (Wildman–Crippen LogP) is 3.20. The molecule has 2 aromatic heterocycles. The van der Waals surface area contributed by atoms with Crippen molar-refractivity contribution in [3.8, 4) is 29.2 Å². The number of nitriles is 1. The third-order valence-corrected chi connectivity index (χ3v) is 2.75. The van der Waals surface area contributed by atoms with Gasteiger partial charge in [-0.1, -0.05) is 18.2 Å². The zero-order valence-electron chi connectivity index (χ0n) is 11.0.